The number of benzene rings is 2. The van der Waals surface area contributed by atoms with Crippen molar-refractivity contribution in [3.05, 3.63) is 70.1 Å². The lowest BCUT2D eigenvalue weighted by Crippen LogP contribution is -2.36. The molecule has 1 atom stereocenters. The van der Waals surface area contributed by atoms with E-state index in [0.29, 0.717) is 11.1 Å². The summed E-state index contributed by atoms with van der Waals surface area (Å²) in [7, 11) is 1.65. The van der Waals surface area contributed by atoms with Crippen LogP contribution in [0, 0.1) is 0 Å². The summed E-state index contributed by atoms with van der Waals surface area (Å²) in [6.45, 7) is 0.733. The molecule has 1 aromatic heterocycles. The van der Waals surface area contributed by atoms with Crippen LogP contribution in [0.3, 0.4) is 0 Å². The van der Waals surface area contributed by atoms with Gasteiger partial charge in [0.2, 0.25) is 5.91 Å². The van der Waals surface area contributed by atoms with Crippen LogP contribution < -0.4 is 10.3 Å². The zero-order valence-electron chi connectivity index (χ0n) is 16.6. The van der Waals surface area contributed by atoms with Crippen LogP contribution in [0.4, 0.5) is 0 Å². The van der Waals surface area contributed by atoms with Crippen LogP contribution in [0.25, 0.3) is 10.8 Å². The molecule has 1 amide bonds. The van der Waals surface area contributed by atoms with Gasteiger partial charge in [0.15, 0.2) is 0 Å². The van der Waals surface area contributed by atoms with E-state index < -0.39 is 0 Å². The zero-order chi connectivity index (χ0) is 20.2. The van der Waals surface area contributed by atoms with Gasteiger partial charge in [-0.15, -0.1) is 0 Å². The number of nitrogens with zero attached hydrogens (tertiary/aromatic N) is 2. The summed E-state index contributed by atoms with van der Waals surface area (Å²) in [5, 5.41) is 8.01. The van der Waals surface area contributed by atoms with Gasteiger partial charge in [0.25, 0.3) is 5.56 Å². The van der Waals surface area contributed by atoms with Crippen molar-refractivity contribution in [2.24, 2.45) is 0 Å². The summed E-state index contributed by atoms with van der Waals surface area (Å²) in [6.07, 6.45) is 4.33. The number of hydrogen-bond donors (Lipinski definition) is 1. The van der Waals surface area contributed by atoms with Crippen molar-refractivity contribution < 1.29 is 9.53 Å². The molecule has 1 N–H and O–H groups in total. The fourth-order valence-electron chi connectivity index (χ4n) is 4.13. The summed E-state index contributed by atoms with van der Waals surface area (Å²) in [6, 6.07) is 15.3. The van der Waals surface area contributed by atoms with E-state index in [1.165, 1.54) is 0 Å². The minimum Gasteiger partial charge on any atom is -0.497 e. The Morgan fingerprint density at radius 3 is 2.62 bits per heavy atom. The maximum Gasteiger partial charge on any atom is 0.272 e. The molecule has 6 heteroatoms. The maximum atomic E-state index is 13.3. The monoisotopic (exact) mass is 391 g/mol. The highest BCUT2D eigenvalue weighted by Crippen LogP contribution is 2.31. The van der Waals surface area contributed by atoms with Crippen LogP contribution >= 0.6 is 0 Å². The number of carbonyl (C=O) groups excluding carboxylic acids is 1. The highest BCUT2D eigenvalue weighted by molar-refractivity contribution is 5.88. The first-order valence-electron chi connectivity index (χ1n) is 10.1. The number of amides is 1. The summed E-state index contributed by atoms with van der Waals surface area (Å²) in [5.74, 6) is 0.849. The number of aromatic nitrogens is 2. The minimum atomic E-state index is -0.234. The molecule has 2 heterocycles. The van der Waals surface area contributed by atoms with E-state index in [4.69, 9.17) is 4.74 Å². The molecule has 150 valence electrons. The van der Waals surface area contributed by atoms with Gasteiger partial charge in [-0.1, -0.05) is 43.2 Å². The highest BCUT2D eigenvalue weighted by Gasteiger charge is 2.27. The molecule has 0 radical (unpaired) electrons. The van der Waals surface area contributed by atoms with Crippen molar-refractivity contribution in [2.45, 2.75) is 38.1 Å². The van der Waals surface area contributed by atoms with Gasteiger partial charge >= 0.3 is 0 Å². The van der Waals surface area contributed by atoms with E-state index in [0.717, 1.165) is 48.9 Å². The number of H-pyrrole nitrogens is 1. The van der Waals surface area contributed by atoms with Crippen LogP contribution in [0.2, 0.25) is 0 Å². The predicted octanol–water partition coefficient (Wildman–Crippen LogP) is 3.62. The van der Waals surface area contributed by atoms with Gasteiger partial charge in [-0.2, -0.15) is 5.10 Å². The summed E-state index contributed by atoms with van der Waals surface area (Å²) >= 11 is 0. The average Bonchev–Trinajstić information content (AvgIpc) is 3.02. The largest absolute Gasteiger partial charge is 0.497 e. The Labute approximate surface area is 169 Å². The van der Waals surface area contributed by atoms with Crippen LogP contribution in [-0.2, 0) is 11.2 Å². The van der Waals surface area contributed by atoms with Crippen LogP contribution in [0.15, 0.2) is 53.3 Å². The van der Waals surface area contributed by atoms with E-state index >= 15 is 0 Å². The third-order valence-electron chi connectivity index (χ3n) is 5.67. The van der Waals surface area contributed by atoms with E-state index in [9.17, 15) is 9.59 Å². The number of nitrogens with one attached hydrogen (secondary N) is 1. The molecule has 0 bridgehead atoms. The second-order valence-electron chi connectivity index (χ2n) is 7.45. The van der Waals surface area contributed by atoms with Crippen molar-refractivity contribution in [1.82, 2.24) is 15.1 Å². The van der Waals surface area contributed by atoms with Crippen molar-refractivity contribution >= 4 is 16.7 Å². The topological polar surface area (TPSA) is 75.3 Å². The Morgan fingerprint density at radius 1 is 1.10 bits per heavy atom. The lowest BCUT2D eigenvalue weighted by atomic mass is 10.00. The second-order valence-corrected chi connectivity index (χ2v) is 7.45. The van der Waals surface area contributed by atoms with E-state index in [1.807, 2.05) is 47.4 Å². The number of fused-ring (bicyclic) bond motifs is 1. The summed E-state index contributed by atoms with van der Waals surface area (Å²) < 4.78 is 5.27. The third kappa shape index (κ3) is 4.01. The van der Waals surface area contributed by atoms with Gasteiger partial charge < -0.3 is 9.64 Å². The molecule has 2 aromatic carbocycles. The van der Waals surface area contributed by atoms with Gasteiger partial charge in [-0.25, -0.2) is 5.10 Å². The summed E-state index contributed by atoms with van der Waals surface area (Å²) in [5.41, 5.74) is 1.51. The van der Waals surface area contributed by atoms with Gasteiger partial charge in [-0.3, -0.25) is 9.59 Å². The molecular weight excluding hydrogens is 366 g/mol. The SMILES string of the molecule is COc1ccc(C2CCCCCN2C(=O)Cc2n[nH]c(=O)c3ccccc23)cc1. The Bertz CT molecular complexity index is 1060. The molecule has 0 spiro atoms. The average molecular weight is 391 g/mol. The fraction of sp³-hybridized carbons (Fsp3) is 0.348. The standard InChI is InChI=1S/C23H25N3O3/c1-29-17-12-10-16(11-13-17)21-9-3-2-6-14-26(21)22(27)15-20-18-7-4-5-8-19(18)23(28)25-24-20/h4-5,7-8,10-13,21H,2-3,6,9,14-15H2,1H3,(H,25,28). The fourth-order valence-corrected chi connectivity index (χ4v) is 4.13. The van der Waals surface area contributed by atoms with Crippen LogP contribution in [0.5, 0.6) is 5.75 Å². The predicted molar refractivity (Wildman–Crippen MR) is 112 cm³/mol. The number of rotatable bonds is 4. The van der Waals surface area contributed by atoms with Gasteiger partial charge in [-0.05, 0) is 36.6 Å². The molecule has 29 heavy (non-hydrogen) atoms. The van der Waals surface area contributed by atoms with Gasteiger partial charge in [0.1, 0.15) is 5.75 Å². The van der Waals surface area contributed by atoms with Crippen molar-refractivity contribution in [3.63, 3.8) is 0 Å². The maximum absolute atomic E-state index is 13.3. The lowest BCUT2D eigenvalue weighted by molar-refractivity contribution is -0.133. The number of methoxy groups -OCH3 is 1. The molecule has 0 saturated carbocycles. The number of likely N-dealkylation sites (tertiary alicyclic amines) is 1. The van der Waals surface area contributed by atoms with Crippen molar-refractivity contribution in [1.29, 1.82) is 0 Å². The van der Waals surface area contributed by atoms with Crippen molar-refractivity contribution in [3.8, 4) is 5.75 Å². The van der Waals surface area contributed by atoms with Crippen LogP contribution in [-0.4, -0.2) is 34.7 Å². The van der Waals surface area contributed by atoms with E-state index in [1.54, 1.807) is 13.2 Å². The molecule has 1 fully saturated rings. The molecule has 0 aliphatic carbocycles. The molecule has 1 aliphatic rings. The molecule has 1 aliphatic heterocycles. The Balaban J connectivity index is 1.63. The first-order valence-corrected chi connectivity index (χ1v) is 10.1. The summed E-state index contributed by atoms with van der Waals surface area (Å²) in [4.78, 5) is 27.3. The molecule has 3 aromatic rings. The minimum absolute atomic E-state index is 0.0393. The van der Waals surface area contributed by atoms with E-state index in [2.05, 4.69) is 10.2 Å². The third-order valence-corrected chi connectivity index (χ3v) is 5.67. The molecule has 6 nitrogen and oxygen atoms in total. The molecule has 4 rings (SSSR count). The number of carbonyl (C=O) groups is 1. The van der Waals surface area contributed by atoms with Gasteiger partial charge in [0, 0.05) is 11.9 Å². The van der Waals surface area contributed by atoms with Gasteiger partial charge in [0.05, 0.1) is 30.7 Å². The molecule has 1 saturated heterocycles. The second kappa shape index (κ2) is 8.47. The van der Waals surface area contributed by atoms with Crippen LogP contribution in [0.1, 0.15) is 43.0 Å². The quantitative estimate of drug-likeness (QED) is 0.737. The first kappa shape index (κ1) is 19.2. The number of ether oxygens (including phenoxy) is 1. The Hall–Kier alpha value is -3.15. The smallest absolute Gasteiger partial charge is 0.272 e. The zero-order valence-corrected chi connectivity index (χ0v) is 16.6. The normalized spacial score (nSPS) is 17.1. The number of hydrogen-bond acceptors (Lipinski definition) is 4. The van der Waals surface area contributed by atoms with Crippen molar-refractivity contribution in [2.75, 3.05) is 13.7 Å². The van der Waals surface area contributed by atoms with E-state index in [-0.39, 0.29) is 23.9 Å². The first-order chi connectivity index (χ1) is 14.2. The molecule has 1 unspecified atom stereocenters. The Kier molecular flexibility index (Phi) is 5.60. The Morgan fingerprint density at radius 2 is 1.86 bits per heavy atom. The number of aromatic amines is 1. The molecular formula is C23H25N3O3. The lowest BCUT2D eigenvalue weighted by Gasteiger charge is -2.30. The highest BCUT2D eigenvalue weighted by atomic mass is 16.5.